The van der Waals surface area contributed by atoms with Crippen molar-refractivity contribution in [3.8, 4) is 5.75 Å². The number of piperazine rings is 1. The molecule has 1 aliphatic rings. The van der Waals surface area contributed by atoms with Gasteiger partial charge >= 0.3 is 0 Å². The maximum Gasteiger partial charge on any atom is 0.270 e. The molecule has 0 radical (unpaired) electrons. The third kappa shape index (κ3) is 5.08. The smallest absolute Gasteiger partial charge is 0.270 e. The van der Waals surface area contributed by atoms with Crippen molar-refractivity contribution in [2.75, 3.05) is 50.1 Å². The fraction of sp³-hybridized carbons (Fsp3) is 0.364. The van der Waals surface area contributed by atoms with Crippen LogP contribution in [0.5, 0.6) is 5.75 Å². The molecule has 0 aliphatic carbocycles. The number of anilines is 2. The van der Waals surface area contributed by atoms with Crippen molar-refractivity contribution in [3.05, 3.63) is 57.1 Å². The molecule has 1 aliphatic heterocycles. The number of halogens is 1. The quantitative estimate of drug-likeness (QED) is 0.386. The maximum atomic E-state index is 11.4. The van der Waals surface area contributed by atoms with Crippen LogP contribution in [0.15, 0.2) is 36.4 Å². The number of nitrogens with one attached hydrogen (secondary N) is 1. The number of benzene rings is 2. The molecule has 3 aromatic rings. The lowest BCUT2D eigenvalue weighted by atomic mass is 10.1. The van der Waals surface area contributed by atoms with Gasteiger partial charge in [-0.25, -0.2) is 0 Å². The number of nitro benzene ring substituents is 1. The Balaban J connectivity index is 1.63. The third-order valence-electron chi connectivity index (χ3n) is 5.48. The van der Waals surface area contributed by atoms with Gasteiger partial charge in [0.05, 0.1) is 23.7 Å². The molecule has 0 amide bonds. The zero-order valence-corrected chi connectivity index (χ0v) is 19.2. The Morgan fingerprint density at radius 2 is 1.91 bits per heavy atom. The summed E-state index contributed by atoms with van der Waals surface area (Å²) < 4.78 is 5.19. The first-order chi connectivity index (χ1) is 16.0. The number of fused-ring (bicyclic) bond motifs is 1. The molecule has 33 heavy (non-hydrogen) atoms. The van der Waals surface area contributed by atoms with E-state index >= 15 is 0 Å². The zero-order valence-electron chi connectivity index (χ0n) is 18.5. The summed E-state index contributed by atoms with van der Waals surface area (Å²) in [4.78, 5) is 18.7. The number of rotatable bonds is 8. The molecular formula is C22H25ClN6O4. The summed E-state index contributed by atoms with van der Waals surface area (Å²) in [6.07, 6.45) is 0. The molecule has 4 rings (SSSR count). The van der Waals surface area contributed by atoms with Crippen LogP contribution in [0, 0.1) is 10.1 Å². The Kier molecular flexibility index (Phi) is 7.07. The van der Waals surface area contributed by atoms with E-state index in [2.05, 4.69) is 20.4 Å². The minimum atomic E-state index is -0.409. The Bertz CT molecular complexity index is 1150. The molecule has 10 nitrogen and oxygen atoms in total. The van der Waals surface area contributed by atoms with Crippen LogP contribution in [0.25, 0.3) is 10.8 Å². The monoisotopic (exact) mass is 472 g/mol. The van der Waals surface area contributed by atoms with Gasteiger partial charge in [-0.05, 0) is 30.7 Å². The summed E-state index contributed by atoms with van der Waals surface area (Å²) in [7, 11) is 1.56. The van der Waals surface area contributed by atoms with E-state index in [9.17, 15) is 10.1 Å². The van der Waals surface area contributed by atoms with Crippen LogP contribution < -0.4 is 15.0 Å². The van der Waals surface area contributed by atoms with Gasteiger partial charge < -0.3 is 15.0 Å². The molecule has 0 bridgehead atoms. The van der Waals surface area contributed by atoms with Crippen LogP contribution in [0.4, 0.5) is 17.3 Å². The number of ether oxygens (including phenoxy) is 1. The van der Waals surface area contributed by atoms with E-state index < -0.39 is 4.92 Å². The van der Waals surface area contributed by atoms with Gasteiger partial charge in [0.25, 0.3) is 5.69 Å². The van der Waals surface area contributed by atoms with Crippen LogP contribution in [0.1, 0.15) is 12.5 Å². The Morgan fingerprint density at radius 3 is 2.58 bits per heavy atom. The van der Waals surface area contributed by atoms with E-state index in [0.717, 1.165) is 37.1 Å². The first-order valence-corrected chi connectivity index (χ1v) is 11.0. The highest BCUT2D eigenvalue weighted by atomic mass is 35.5. The second-order valence-corrected chi connectivity index (χ2v) is 7.92. The second-order valence-electron chi connectivity index (χ2n) is 7.52. The van der Waals surface area contributed by atoms with Crippen LogP contribution in [0.2, 0.25) is 5.02 Å². The number of hydrogen-bond donors (Lipinski definition) is 1. The number of hydrogen-bond acceptors (Lipinski definition) is 9. The molecule has 1 aromatic heterocycles. The predicted molar refractivity (Wildman–Crippen MR) is 127 cm³/mol. The maximum absolute atomic E-state index is 11.4. The average molecular weight is 473 g/mol. The third-order valence-corrected chi connectivity index (χ3v) is 5.78. The van der Waals surface area contributed by atoms with Crippen molar-refractivity contribution < 1.29 is 14.5 Å². The zero-order chi connectivity index (χ0) is 23.4. The van der Waals surface area contributed by atoms with Crippen molar-refractivity contribution in [3.63, 3.8) is 0 Å². The molecule has 2 aromatic carbocycles. The molecule has 11 heteroatoms. The highest BCUT2D eigenvalue weighted by Crippen LogP contribution is 2.32. The molecule has 0 unspecified atom stereocenters. The van der Waals surface area contributed by atoms with Gasteiger partial charge in [-0.3, -0.25) is 15.0 Å². The van der Waals surface area contributed by atoms with E-state index in [4.69, 9.17) is 21.2 Å². The SMILES string of the molecule is CCON1CCN(c2nnc(NCc3ccc(OC)c(Cl)c3)c3cc([N+](=O)[O-])ccc23)CC1. The normalized spacial score (nSPS) is 14.5. The molecule has 1 fully saturated rings. The van der Waals surface area contributed by atoms with Crippen molar-refractivity contribution in [2.45, 2.75) is 13.5 Å². The van der Waals surface area contributed by atoms with E-state index in [-0.39, 0.29) is 5.69 Å². The minimum Gasteiger partial charge on any atom is -0.495 e. The highest BCUT2D eigenvalue weighted by Gasteiger charge is 2.22. The molecule has 0 spiro atoms. The Labute approximate surface area is 196 Å². The predicted octanol–water partition coefficient (Wildman–Crippen LogP) is 3.89. The van der Waals surface area contributed by atoms with Gasteiger partial charge in [-0.2, -0.15) is 5.06 Å². The van der Waals surface area contributed by atoms with Crippen molar-refractivity contribution in [1.29, 1.82) is 0 Å². The van der Waals surface area contributed by atoms with Gasteiger partial charge in [0.2, 0.25) is 0 Å². The van der Waals surface area contributed by atoms with Crippen molar-refractivity contribution >= 4 is 39.7 Å². The molecule has 0 saturated carbocycles. The Hall–Kier alpha value is -3.21. The minimum absolute atomic E-state index is 0.00171. The summed E-state index contributed by atoms with van der Waals surface area (Å²) >= 11 is 6.23. The van der Waals surface area contributed by atoms with Crippen molar-refractivity contribution in [1.82, 2.24) is 15.3 Å². The van der Waals surface area contributed by atoms with Crippen LogP contribution >= 0.6 is 11.6 Å². The summed E-state index contributed by atoms with van der Waals surface area (Å²) in [6.45, 7) is 5.93. The van der Waals surface area contributed by atoms with E-state index in [1.165, 1.54) is 12.1 Å². The fourth-order valence-electron chi connectivity index (χ4n) is 3.82. The number of methoxy groups -OCH3 is 1. The lowest BCUT2D eigenvalue weighted by Crippen LogP contribution is -2.46. The summed E-state index contributed by atoms with van der Waals surface area (Å²) in [5.74, 6) is 1.77. The van der Waals surface area contributed by atoms with Gasteiger partial charge in [-0.15, -0.1) is 10.2 Å². The standard InChI is InChI=1S/C22H25ClN6O4/c1-3-33-28-10-8-27(9-11-28)22-17-6-5-16(29(30)31)13-18(17)21(25-26-22)24-14-15-4-7-20(32-2)19(23)12-15/h4-7,12-13H,3,8-11,14H2,1-2H3,(H,24,25). The largest absolute Gasteiger partial charge is 0.495 e. The second kappa shape index (κ2) is 10.2. The molecule has 2 heterocycles. The number of aromatic nitrogens is 2. The van der Waals surface area contributed by atoms with E-state index in [1.807, 2.05) is 18.1 Å². The fourth-order valence-corrected chi connectivity index (χ4v) is 4.10. The lowest BCUT2D eigenvalue weighted by Gasteiger charge is -2.34. The first kappa shape index (κ1) is 23.0. The summed E-state index contributed by atoms with van der Waals surface area (Å²) in [6, 6.07) is 10.3. The molecule has 174 valence electrons. The topological polar surface area (TPSA) is 106 Å². The molecule has 1 saturated heterocycles. The summed E-state index contributed by atoms with van der Waals surface area (Å²) in [5, 5.41) is 27.4. The molecule has 0 atom stereocenters. The number of non-ortho nitro benzene ring substituents is 1. The average Bonchev–Trinajstić information content (AvgIpc) is 2.83. The summed E-state index contributed by atoms with van der Waals surface area (Å²) in [5.41, 5.74) is 0.912. The van der Waals surface area contributed by atoms with E-state index in [1.54, 1.807) is 25.3 Å². The Morgan fingerprint density at radius 1 is 1.12 bits per heavy atom. The van der Waals surface area contributed by atoms with Gasteiger partial charge in [0.1, 0.15) is 5.75 Å². The van der Waals surface area contributed by atoms with Gasteiger partial charge in [0.15, 0.2) is 11.6 Å². The van der Waals surface area contributed by atoms with E-state index in [0.29, 0.717) is 40.9 Å². The van der Waals surface area contributed by atoms with Gasteiger partial charge in [0, 0.05) is 55.6 Å². The number of hydroxylamine groups is 2. The van der Waals surface area contributed by atoms with Gasteiger partial charge in [-0.1, -0.05) is 17.7 Å². The number of nitrogens with zero attached hydrogens (tertiary/aromatic N) is 5. The van der Waals surface area contributed by atoms with Crippen molar-refractivity contribution in [2.24, 2.45) is 0 Å². The highest BCUT2D eigenvalue weighted by molar-refractivity contribution is 6.32. The van der Waals surface area contributed by atoms with Crippen LogP contribution in [-0.4, -0.2) is 60.1 Å². The molecular weight excluding hydrogens is 448 g/mol. The van der Waals surface area contributed by atoms with Crippen LogP contribution in [-0.2, 0) is 11.4 Å². The number of nitro groups is 1. The van der Waals surface area contributed by atoms with Crippen LogP contribution in [0.3, 0.4) is 0 Å². The lowest BCUT2D eigenvalue weighted by molar-refractivity contribution is -0.384. The first-order valence-electron chi connectivity index (χ1n) is 10.6. The molecule has 1 N–H and O–H groups in total.